The highest BCUT2D eigenvalue weighted by Crippen LogP contribution is 2.39. The molecule has 4 nitrogen and oxygen atoms in total. The first-order chi connectivity index (χ1) is 10.4. The number of carbonyl (C=O) groups is 1. The second kappa shape index (κ2) is 7.14. The van der Waals surface area contributed by atoms with Gasteiger partial charge < -0.3 is 15.6 Å². The minimum Gasteiger partial charge on any atom is -0.442 e. The number of ether oxygens (including phenoxy) is 1. The summed E-state index contributed by atoms with van der Waals surface area (Å²) in [5.74, 6) is 0.860. The van der Waals surface area contributed by atoms with E-state index >= 15 is 0 Å². The van der Waals surface area contributed by atoms with Gasteiger partial charge in [0.2, 0.25) is 0 Å². The fraction of sp³-hybridized carbons (Fsp3) is 0.611. The largest absolute Gasteiger partial charge is 0.442 e. The van der Waals surface area contributed by atoms with Crippen molar-refractivity contribution in [3.8, 4) is 0 Å². The van der Waals surface area contributed by atoms with Crippen molar-refractivity contribution in [3.05, 3.63) is 35.9 Å². The van der Waals surface area contributed by atoms with Gasteiger partial charge in [-0.3, -0.25) is 0 Å². The molecule has 0 bridgehead atoms. The molecular weight excluding hydrogens is 278 g/mol. The van der Waals surface area contributed by atoms with E-state index in [2.05, 4.69) is 0 Å². The predicted molar refractivity (Wildman–Crippen MR) is 86.2 cm³/mol. The molecule has 0 aliphatic heterocycles. The van der Waals surface area contributed by atoms with Crippen molar-refractivity contribution in [2.24, 2.45) is 17.6 Å². The van der Waals surface area contributed by atoms with Gasteiger partial charge in [-0.2, -0.15) is 0 Å². The first-order valence-electron chi connectivity index (χ1n) is 8.09. The Kier molecular flexibility index (Phi) is 5.46. The maximum absolute atomic E-state index is 11.2. The van der Waals surface area contributed by atoms with Crippen LogP contribution in [0, 0.1) is 11.8 Å². The summed E-state index contributed by atoms with van der Waals surface area (Å²) in [6.45, 7) is 3.78. The van der Waals surface area contributed by atoms with Crippen molar-refractivity contribution in [3.63, 3.8) is 0 Å². The van der Waals surface area contributed by atoms with Gasteiger partial charge in [0.1, 0.15) is 6.10 Å². The quantitative estimate of drug-likeness (QED) is 0.869. The van der Waals surface area contributed by atoms with Crippen molar-refractivity contribution in [2.75, 3.05) is 0 Å². The zero-order valence-corrected chi connectivity index (χ0v) is 13.5. The molecule has 2 rings (SSSR count). The van der Waals surface area contributed by atoms with Crippen molar-refractivity contribution in [2.45, 2.75) is 57.7 Å². The van der Waals surface area contributed by atoms with Crippen molar-refractivity contribution in [1.29, 1.82) is 0 Å². The van der Waals surface area contributed by atoms with Crippen LogP contribution in [0.4, 0.5) is 4.79 Å². The molecule has 0 heterocycles. The summed E-state index contributed by atoms with van der Waals surface area (Å²) in [6.07, 6.45) is 3.95. The molecule has 1 aromatic rings. The van der Waals surface area contributed by atoms with Crippen LogP contribution in [0.15, 0.2) is 30.3 Å². The first kappa shape index (κ1) is 16.8. The predicted octanol–water partition coefficient (Wildman–Crippen LogP) is 3.79. The van der Waals surface area contributed by atoms with Crippen LogP contribution in [0.1, 0.15) is 57.6 Å². The highest BCUT2D eigenvalue weighted by atomic mass is 16.6. The highest BCUT2D eigenvalue weighted by molar-refractivity contribution is 5.65. The Bertz CT molecular complexity index is 473. The minimum atomic E-state index is -0.723. The lowest BCUT2D eigenvalue weighted by atomic mass is 9.73. The number of benzene rings is 1. The van der Waals surface area contributed by atoms with Gasteiger partial charge in [-0.25, -0.2) is 4.79 Å². The molecule has 1 aliphatic carbocycles. The molecule has 1 atom stereocenters. The number of carbonyl (C=O) groups excluding carboxylic acids is 1. The average molecular weight is 305 g/mol. The summed E-state index contributed by atoms with van der Waals surface area (Å²) in [5, 5.41) is 10.1. The normalized spacial score (nSPS) is 23.8. The Morgan fingerprint density at radius 2 is 1.86 bits per heavy atom. The number of hydrogen-bond acceptors (Lipinski definition) is 3. The van der Waals surface area contributed by atoms with Gasteiger partial charge in [0.05, 0.1) is 5.60 Å². The highest BCUT2D eigenvalue weighted by Gasteiger charge is 2.32. The molecule has 1 fully saturated rings. The number of primary amides is 1. The summed E-state index contributed by atoms with van der Waals surface area (Å²) in [4.78, 5) is 11.2. The zero-order valence-electron chi connectivity index (χ0n) is 13.5. The van der Waals surface area contributed by atoms with E-state index in [1.807, 2.05) is 44.2 Å². The second-order valence-electron chi connectivity index (χ2n) is 6.94. The Hall–Kier alpha value is -1.55. The first-order valence-corrected chi connectivity index (χ1v) is 8.09. The second-order valence-corrected chi connectivity index (χ2v) is 6.94. The number of hydrogen-bond donors (Lipinski definition) is 2. The molecular formula is C18H27NO3. The molecule has 1 aliphatic rings. The molecule has 0 saturated heterocycles. The van der Waals surface area contributed by atoms with Gasteiger partial charge in [-0.05, 0) is 63.4 Å². The molecule has 1 amide bonds. The van der Waals surface area contributed by atoms with Crippen molar-refractivity contribution in [1.82, 2.24) is 0 Å². The van der Waals surface area contributed by atoms with E-state index in [1.165, 1.54) is 0 Å². The van der Waals surface area contributed by atoms with Gasteiger partial charge in [-0.15, -0.1) is 0 Å². The minimum absolute atomic E-state index is 0.276. The van der Waals surface area contributed by atoms with Crippen LogP contribution in [-0.4, -0.2) is 16.8 Å². The molecule has 1 aromatic carbocycles. The summed E-state index contributed by atoms with van der Waals surface area (Å²) in [6, 6.07) is 9.77. The smallest absolute Gasteiger partial charge is 0.405 e. The molecule has 22 heavy (non-hydrogen) atoms. The monoisotopic (exact) mass is 305 g/mol. The third-order valence-electron chi connectivity index (χ3n) is 4.82. The van der Waals surface area contributed by atoms with Crippen LogP contribution in [0.2, 0.25) is 0 Å². The molecule has 3 N–H and O–H groups in total. The maximum Gasteiger partial charge on any atom is 0.405 e. The standard InChI is InChI=1S/C18H27NO3/c1-18(2,21)15-10-8-13(9-11-15)12-16(22-17(19)20)14-6-4-3-5-7-14/h3-7,13,15-16,21H,8-12H2,1-2H3,(H2,19,20). The van der Waals surface area contributed by atoms with Crippen LogP contribution in [0.25, 0.3) is 0 Å². The van der Waals surface area contributed by atoms with Crippen LogP contribution >= 0.6 is 0 Å². The van der Waals surface area contributed by atoms with Gasteiger partial charge in [-0.1, -0.05) is 30.3 Å². The third-order valence-corrected chi connectivity index (χ3v) is 4.82. The summed E-state index contributed by atoms with van der Waals surface area (Å²) >= 11 is 0. The van der Waals surface area contributed by atoms with E-state index in [-0.39, 0.29) is 6.10 Å². The van der Waals surface area contributed by atoms with E-state index in [9.17, 15) is 9.90 Å². The lowest BCUT2D eigenvalue weighted by Crippen LogP contribution is -2.34. The third kappa shape index (κ3) is 4.73. The van der Waals surface area contributed by atoms with Crippen LogP contribution < -0.4 is 5.73 Å². The van der Waals surface area contributed by atoms with E-state index in [0.717, 1.165) is 37.7 Å². The molecule has 122 valence electrons. The van der Waals surface area contributed by atoms with Gasteiger partial charge in [0, 0.05) is 0 Å². The fourth-order valence-corrected chi connectivity index (χ4v) is 3.47. The average Bonchev–Trinajstić information content (AvgIpc) is 2.47. The van der Waals surface area contributed by atoms with Crippen molar-refractivity contribution >= 4 is 6.09 Å². The lowest BCUT2D eigenvalue weighted by Gasteiger charge is -2.36. The molecule has 1 unspecified atom stereocenters. The molecule has 1 saturated carbocycles. The van der Waals surface area contributed by atoms with Crippen LogP contribution in [0.3, 0.4) is 0 Å². The molecule has 4 heteroatoms. The Morgan fingerprint density at radius 1 is 1.27 bits per heavy atom. The Morgan fingerprint density at radius 3 is 2.36 bits per heavy atom. The fourth-order valence-electron chi connectivity index (χ4n) is 3.47. The zero-order chi connectivity index (χ0) is 16.2. The van der Waals surface area contributed by atoms with Gasteiger partial charge >= 0.3 is 6.09 Å². The number of rotatable bonds is 5. The SMILES string of the molecule is CC(C)(O)C1CCC(CC(OC(N)=O)c2ccccc2)CC1. The van der Waals surface area contributed by atoms with Crippen molar-refractivity contribution < 1.29 is 14.6 Å². The lowest BCUT2D eigenvalue weighted by molar-refractivity contribution is -0.0101. The van der Waals surface area contributed by atoms with E-state index < -0.39 is 11.7 Å². The Balaban J connectivity index is 1.96. The number of aliphatic hydroxyl groups is 1. The van der Waals surface area contributed by atoms with Crippen LogP contribution in [-0.2, 0) is 4.74 Å². The summed E-state index contributed by atoms with van der Waals surface area (Å²) in [5.41, 5.74) is 5.61. The van der Waals surface area contributed by atoms with Gasteiger partial charge in [0.25, 0.3) is 0 Å². The van der Waals surface area contributed by atoms with E-state index in [1.54, 1.807) is 0 Å². The van der Waals surface area contributed by atoms with E-state index in [0.29, 0.717) is 11.8 Å². The number of amides is 1. The van der Waals surface area contributed by atoms with E-state index in [4.69, 9.17) is 10.5 Å². The molecule has 0 radical (unpaired) electrons. The summed E-state index contributed by atoms with van der Waals surface area (Å²) < 4.78 is 5.32. The van der Waals surface area contributed by atoms with Crippen LogP contribution in [0.5, 0.6) is 0 Å². The molecule has 0 spiro atoms. The topological polar surface area (TPSA) is 72.6 Å². The van der Waals surface area contributed by atoms with Gasteiger partial charge in [0.15, 0.2) is 0 Å². The maximum atomic E-state index is 11.2. The summed E-state index contributed by atoms with van der Waals surface area (Å²) in [7, 11) is 0. The number of nitrogens with two attached hydrogens (primary N) is 1. The molecule has 0 aromatic heterocycles. The Labute approximate surface area is 132 Å².